The van der Waals surface area contributed by atoms with Crippen LogP contribution in [0.4, 0.5) is 5.69 Å². The van der Waals surface area contributed by atoms with E-state index >= 15 is 0 Å². The first-order chi connectivity index (χ1) is 16.0. The van der Waals surface area contributed by atoms with Gasteiger partial charge < -0.3 is 14.8 Å². The van der Waals surface area contributed by atoms with E-state index in [1.807, 2.05) is 31.2 Å². The van der Waals surface area contributed by atoms with Crippen LogP contribution in [0.15, 0.2) is 59.4 Å². The van der Waals surface area contributed by atoms with Crippen LogP contribution in [0.5, 0.6) is 11.5 Å². The number of hydrogen-bond acceptors (Lipinski definition) is 7. The lowest BCUT2D eigenvalue weighted by Crippen LogP contribution is -2.20. The third-order valence-electron chi connectivity index (χ3n) is 4.76. The number of carbonyl (C=O) groups excluding carboxylic acids is 1. The lowest BCUT2D eigenvalue weighted by atomic mass is 10.2. The lowest BCUT2D eigenvalue weighted by molar-refractivity contribution is -0.118. The third kappa shape index (κ3) is 5.75. The van der Waals surface area contributed by atoms with Gasteiger partial charge in [0.15, 0.2) is 6.61 Å². The van der Waals surface area contributed by atoms with Crippen molar-refractivity contribution in [3.63, 3.8) is 0 Å². The molecule has 0 atom stereocenters. The van der Waals surface area contributed by atoms with Gasteiger partial charge in [0.2, 0.25) is 4.96 Å². The van der Waals surface area contributed by atoms with Crippen molar-refractivity contribution >= 4 is 27.9 Å². The number of nitrogens with one attached hydrogen (secondary N) is 1. The number of anilines is 1. The van der Waals surface area contributed by atoms with Crippen LogP contribution in [0.1, 0.15) is 29.6 Å². The minimum Gasteiger partial charge on any atom is -0.487 e. The molecule has 2 aromatic heterocycles. The van der Waals surface area contributed by atoms with Gasteiger partial charge in [0.05, 0.1) is 5.69 Å². The van der Waals surface area contributed by atoms with Crippen molar-refractivity contribution in [1.29, 1.82) is 0 Å². The van der Waals surface area contributed by atoms with Crippen LogP contribution in [0.2, 0.25) is 0 Å². The topological polar surface area (TPSA) is 94.8 Å². The van der Waals surface area contributed by atoms with E-state index in [0.717, 1.165) is 23.4 Å². The molecule has 1 amide bonds. The number of rotatable bonds is 9. The third-order valence-corrected chi connectivity index (χ3v) is 5.73. The standard InChI is InChI=1S/C24H24N4O4S/c1-3-7-22-27-28-23(30)13-18(26-24(28)33-22)14-31-19-10-6-9-17(12-19)25-21(29)15-32-20-11-5-4-8-16(20)2/h4-6,8-13H,3,7,14-15H2,1-2H3,(H,25,29). The average Bonchev–Trinajstić information content (AvgIpc) is 3.21. The molecule has 0 spiro atoms. The molecule has 4 aromatic rings. The second-order valence-electron chi connectivity index (χ2n) is 7.44. The van der Waals surface area contributed by atoms with Crippen LogP contribution < -0.4 is 20.3 Å². The summed E-state index contributed by atoms with van der Waals surface area (Å²) in [6.07, 6.45) is 1.77. The average molecular weight is 465 g/mol. The second-order valence-corrected chi connectivity index (χ2v) is 8.49. The van der Waals surface area contributed by atoms with E-state index in [9.17, 15) is 9.59 Å². The predicted octanol–water partition coefficient (Wildman–Crippen LogP) is 4.01. The van der Waals surface area contributed by atoms with Gasteiger partial charge in [-0.15, -0.1) is 0 Å². The Morgan fingerprint density at radius 2 is 1.97 bits per heavy atom. The Morgan fingerprint density at radius 1 is 1.12 bits per heavy atom. The molecule has 0 aliphatic rings. The molecule has 2 heterocycles. The van der Waals surface area contributed by atoms with Crippen molar-refractivity contribution in [1.82, 2.24) is 14.6 Å². The Bertz CT molecular complexity index is 1330. The molecule has 170 valence electrons. The van der Waals surface area contributed by atoms with E-state index in [1.54, 1.807) is 24.3 Å². The van der Waals surface area contributed by atoms with Gasteiger partial charge in [0, 0.05) is 24.2 Å². The molecule has 9 heteroatoms. The molecule has 2 aromatic carbocycles. The summed E-state index contributed by atoms with van der Waals surface area (Å²) in [6, 6.07) is 16.0. The summed E-state index contributed by atoms with van der Waals surface area (Å²) in [7, 11) is 0. The van der Waals surface area contributed by atoms with Crippen LogP contribution in [0.3, 0.4) is 0 Å². The fourth-order valence-corrected chi connectivity index (χ4v) is 4.18. The predicted molar refractivity (Wildman–Crippen MR) is 127 cm³/mol. The minimum atomic E-state index is -0.274. The number of nitrogens with zero attached hydrogens (tertiary/aromatic N) is 3. The molecule has 4 rings (SSSR count). The van der Waals surface area contributed by atoms with Crippen molar-refractivity contribution < 1.29 is 14.3 Å². The van der Waals surface area contributed by atoms with Gasteiger partial charge in [-0.05, 0) is 37.1 Å². The summed E-state index contributed by atoms with van der Waals surface area (Å²) in [4.78, 5) is 29.7. The zero-order chi connectivity index (χ0) is 23.2. The number of amides is 1. The summed E-state index contributed by atoms with van der Waals surface area (Å²) in [5.74, 6) is 0.946. The maximum Gasteiger partial charge on any atom is 0.275 e. The molecule has 1 N–H and O–H groups in total. The maximum atomic E-state index is 12.3. The van der Waals surface area contributed by atoms with E-state index < -0.39 is 0 Å². The molecule has 0 fully saturated rings. The van der Waals surface area contributed by atoms with Crippen LogP contribution in [-0.2, 0) is 17.8 Å². The Labute approximate surface area is 194 Å². The molecule has 0 aliphatic carbocycles. The summed E-state index contributed by atoms with van der Waals surface area (Å²) < 4.78 is 12.7. The Hall–Kier alpha value is -3.72. The molecular weight excluding hydrogens is 440 g/mol. The van der Waals surface area contributed by atoms with Crippen LogP contribution in [0.25, 0.3) is 4.96 Å². The van der Waals surface area contributed by atoms with Gasteiger partial charge >= 0.3 is 0 Å². The summed E-state index contributed by atoms with van der Waals surface area (Å²) in [5, 5.41) is 7.99. The first-order valence-corrected chi connectivity index (χ1v) is 11.4. The monoisotopic (exact) mass is 464 g/mol. The fraction of sp³-hybridized carbons (Fsp3) is 0.250. The summed E-state index contributed by atoms with van der Waals surface area (Å²) >= 11 is 1.41. The van der Waals surface area contributed by atoms with Crippen molar-refractivity contribution in [2.45, 2.75) is 33.3 Å². The van der Waals surface area contributed by atoms with Crippen molar-refractivity contribution in [3.8, 4) is 11.5 Å². The largest absolute Gasteiger partial charge is 0.487 e. The zero-order valence-electron chi connectivity index (χ0n) is 18.4. The Morgan fingerprint density at radius 3 is 2.79 bits per heavy atom. The van der Waals surface area contributed by atoms with Crippen LogP contribution in [0, 0.1) is 6.92 Å². The second kappa shape index (κ2) is 10.3. The normalized spacial score (nSPS) is 10.8. The highest BCUT2D eigenvalue weighted by Crippen LogP contribution is 2.20. The Balaban J connectivity index is 1.36. The van der Waals surface area contributed by atoms with E-state index in [0.29, 0.717) is 27.8 Å². The number of fused-ring (bicyclic) bond motifs is 1. The van der Waals surface area contributed by atoms with Gasteiger partial charge in [0.25, 0.3) is 11.5 Å². The number of para-hydroxylation sites is 1. The highest BCUT2D eigenvalue weighted by molar-refractivity contribution is 7.16. The Kier molecular flexibility index (Phi) is 6.99. The van der Waals surface area contributed by atoms with Gasteiger partial charge in [0.1, 0.15) is 23.1 Å². The molecule has 0 bridgehead atoms. The fourth-order valence-electron chi connectivity index (χ4n) is 3.16. The van der Waals surface area contributed by atoms with E-state index in [2.05, 4.69) is 22.3 Å². The SMILES string of the molecule is CCCc1nn2c(=O)cc(COc3cccc(NC(=O)COc4ccccc4C)c3)nc2s1. The number of carbonyl (C=O) groups is 1. The molecule has 33 heavy (non-hydrogen) atoms. The van der Waals surface area contributed by atoms with Crippen molar-refractivity contribution in [2.24, 2.45) is 0 Å². The lowest BCUT2D eigenvalue weighted by Gasteiger charge is -2.11. The molecule has 0 unspecified atom stereocenters. The zero-order valence-corrected chi connectivity index (χ0v) is 19.2. The number of aryl methyl sites for hydroxylation is 2. The summed E-state index contributed by atoms with van der Waals surface area (Å²) in [5.41, 5.74) is 1.84. The molecule has 0 radical (unpaired) electrons. The van der Waals surface area contributed by atoms with Gasteiger partial charge in [-0.1, -0.05) is 42.5 Å². The first-order valence-electron chi connectivity index (χ1n) is 10.6. The van der Waals surface area contributed by atoms with E-state index in [1.165, 1.54) is 21.9 Å². The van der Waals surface area contributed by atoms with Crippen LogP contribution >= 0.6 is 11.3 Å². The van der Waals surface area contributed by atoms with Crippen molar-refractivity contribution in [2.75, 3.05) is 11.9 Å². The molecular formula is C24H24N4O4S. The smallest absolute Gasteiger partial charge is 0.275 e. The van der Waals surface area contributed by atoms with Crippen LogP contribution in [-0.4, -0.2) is 27.1 Å². The number of hydrogen-bond donors (Lipinski definition) is 1. The van der Waals surface area contributed by atoms with Gasteiger partial charge in [-0.3, -0.25) is 9.59 Å². The minimum absolute atomic E-state index is 0.0985. The van der Waals surface area contributed by atoms with Crippen molar-refractivity contribution in [3.05, 3.63) is 81.2 Å². The number of aromatic nitrogens is 3. The first kappa shape index (κ1) is 22.5. The summed E-state index contributed by atoms with van der Waals surface area (Å²) in [6.45, 7) is 4.02. The number of benzene rings is 2. The van der Waals surface area contributed by atoms with Gasteiger partial charge in [-0.2, -0.15) is 9.61 Å². The quantitative estimate of drug-likeness (QED) is 0.402. The molecule has 0 saturated heterocycles. The highest BCUT2D eigenvalue weighted by Gasteiger charge is 2.10. The number of ether oxygens (including phenoxy) is 2. The molecule has 0 saturated carbocycles. The molecule has 0 aliphatic heterocycles. The van der Waals surface area contributed by atoms with E-state index in [-0.39, 0.29) is 24.7 Å². The molecule has 8 nitrogen and oxygen atoms in total. The maximum absolute atomic E-state index is 12.3. The van der Waals surface area contributed by atoms with E-state index in [4.69, 9.17) is 9.47 Å². The highest BCUT2D eigenvalue weighted by atomic mass is 32.1. The van der Waals surface area contributed by atoms with Gasteiger partial charge in [-0.25, -0.2) is 4.98 Å².